The topological polar surface area (TPSA) is 40.6 Å². The van der Waals surface area contributed by atoms with Crippen molar-refractivity contribution >= 4 is 11.8 Å². The molecule has 2 heterocycles. The molecule has 0 spiro atoms. The van der Waals surface area contributed by atoms with Gasteiger partial charge in [-0.05, 0) is 38.5 Å². The van der Waals surface area contributed by atoms with E-state index in [1.165, 1.54) is 0 Å². The van der Waals surface area contributed by atoms with Crippen LogP contribution in [0.4, 0.5) is 4.79 Å². The lowest BCUT2D eigenvalue weighted by Crippen LogP contribution is -2.47. The fourth-order valence-corrected chi connectivity index (χ4v) is 3.79. The maximum absolute atomic E-state index is 12.5. The molecule has 0 radical (unpaired) electrons. The van der Waals surface area contributed by atoms with Gasteiger partial charge in [0.15, 0.2) is 0 Å². The summed E-state index contributed by atoms with van der Waals surface area (Å²) < 4.78 is 0. The zero-order valence-corrected chi connectivity index (χ0v) is 10.9. The van der Waals surface area contributed by atoms with Gasteiger partial charge in [0.1, 0.15) is 5.78 Å². The summed E-state index contributed by atoms with van der Waals surface area (Å²) in [6.45, 7) is 2.66. The van der Waals surface area contributed by atoms with Crippen LogP contribution in [0.1, 0.15) is 44.9 Å². The fourth-order valence-electron chi connectivity index (χ4n) is 3.79. The number of ketones is 1. The van der Waals surface area contributed by atoms with Gasteiger partial charge in [-0.15, -0.1) is 0 Å². The molecule has 3 aliphatic rings. The Labute approximate surface area is 108 Å². The van der Waals surface area contributed by atoms with Crippen LogP contribution in [0, 0.1) is 5.92 Å². The smallest absolute Gasteiger partial charge is 0.320 e. The first-order valence-corrected chi connectivity index (χ1v) is 7.35. The van der Waals surface area contributed by atoms with Crippen molar-refractivity contribution in [2.75, 3.05) is 19.6 Å². The van der Waals surface area contributed by atoms with Crippen LogP contribution in [0.2, 0.25) is 0 Å². The molecule has 2 amide bonds. The highest BCUT2D eigenvalue weighted by Gasteiger charge is 2.41. The number of likely N-dealkylation sites (tertiary alicyclic amines) is 2. The van der Waals surface area contributed by atoms with Crippen molar-refractivity contribution in [1.29, 1.82) is 0 Å². The molecule has 0 bridgehead atoms. The van der Waals surface area contributed by atoms with E-state index < -0.39 is 0 Å². The lowest BCUT2D eigenvalue weighted by molar-refractivity contribution is -0.121. The third kappa shape index (κ3) is 2.02. The normalized spacial score (nSPS) is 32.6. The van der Waals surface area contributed by atoms with Gasteiger partial charge in [-0.3, -0.25) is 4.79 Å². The van der Waals surface area contributed by atoms with Gasteiger partial charge < -0.3 is 9.80 Å². The first kappa shape index (κ1) is 12.0. The third-order valence-corrected chi connectivity index (χ3v) is 4.74. The summed E-state index contributed by atoms with van der Waals surface area (Å²) in [6.07, 6.45) is 7.09. The van der Waals surface area contributed by atoms with Crippen molar-refractivity contribution in [2.45, 2.75) is 51.0 Å². The third-order valence-electron chi connectivity index (χ3n) is 4.74. The van der Waals surface area contributed by atoms with Crippen molar-refractivity contribution in [2.24, 2.45) is 5.92 Å². The van der Waals surface area contributed by atoms with E-state index in [2.05, 4.69) is 0 Å². The molecular formula is C14H22N2O2. The van der Waals surface area contributed by atoms with E-state index in [0.717, 1.165) is 64.6 Å². The minimum Gasteiger partial charge on any atom is -0.325 e. The second-order valence-corrected chi connectivity index (χ2v) is 5.84. The average Bonchev–Trinajstić information content (AvgIpc) is 3.09. The molecule has 0 aromatic heterocycles. The molecule has 0 aromatic rings. The van der Waals surface area contributed by atoms with Gasteiger partial charge in [-0.1, -0.05) is 0 Å². The number of rotatable bonds is 1. The van der Waals surface area contributed by atoms with E-state index in [1.54, 1.807) is 0 Å². The fraction of sp³-hybridized carbons (Fsp3) is 0.857. The quantitative estimate of drug-likeness (QED) is 0.714. The van der Waals surface area contributed by atoms with Crippen molar-refractivity contribution in [1.82, 2.24) is 9.80 Å². The van der Waals surface area contributed by atoms with Crippen LogP contribution < -0.4 is 0 Å². The second-order valence-electron chi connectivity index (χ2n) is 5.84. The Morgan fingerprint density at radius 3 is 2.44 bits per heavy atom. The highest BCUT2D eigenvalue weighted by Crippen LogP contribution is 2.34. The van der Waals surface area contributed by atoms with Gasteiger partial charge in [0.2, 0.25) is 0 Å². The SMILES string of the molecule is O=C1CCCC1C1CCCN1C(=O)N1CCCC1. The van der Waals surface area contributed by atoms with E-state index >= 15 is 0 Å². The van der Waals surface area contributed by atoms with Crippen LogP contribution in [0.3, 0.4) is 0 Å². The molecule has 1 aliphatic carbocycles. The molecule has 2 aliphatic heterocycles. The Kier molecular flexibility index (Phi) is 3.27. The molecule has 1 saturated carbocycles. The molecule has 100 valence electrons. The van der Waals surface area contributed by atoms with Crippen LogP contribution in [-0.4, -0.2) is 47.3 Å². The van der Waals surface area contributed by atoms with E-state index in [4.69, 9.17) is 0 Å². The zero-order valence-electron chi connectivity index (χ0n) is 10.9. The largest absolute Gasteiger partial charge is 0.325 e. The Balaban J connectivity index is 1.70. The van der Waals surface area contributed by atoms with Crippen LogP contribution >= 0.6 is 0 Å². The van der Waals surface area contributed by atoms with Gasteiger partial charge >= 0.3 is 6.03 Å². The van der Waals surface area contributed by atoms with Gasteiger partial charge in [0.25, 0.3) is 0 Å². The molecule has 4 nitrogen and oxygen atoms in total. The summed E-state index contributed by atoms with van der Waals surface area (Å²) in [4.78, 5) is 28.3. The monoisotopic (exact) mass is 250 g/mol. The number of hydrogen-bond acceptors (Lipinski definition) is 2. The number of nitrogens with zero attached hydrogens (tertiary/aromatic N) is 2. The first-order valence-electron chi connectivity index (χ1n) is 7.35. The highest BCUT2D eigenvalue weighted by molar-refractivity contribution is 5.85. The Morgan fingerprint density at radius 1 is 1.00 bits per heavy atom. The highest BCUT2D eigenvalue weighted by atomic mass is 16.2. The average molecular weight is 250 g/mol. The molecule has 2 unspecified atom stereocenters. The number of Topliss-reactive ketones (excluding diaryl/α,β-unsaturated/α-hetero) is 1. The number of hydrogen-bond donors (Lipinski definition) is 0. The van der Waals surface area contributed by atoms with E-state index in [9.17, 15) is 9.59 Å². The Morgan fingerprint density at radius 2 is 1.78 bits per heavy atom. The maximum atomic E-state index is 12.5. The van der Waals surface area contributed by atoms with E-state index in [1.807, 2.05) is 9.80 Å². The predicted molar refractivity (Wildman–Crippen MR) is 68.3 cm³/mol. The number of amides is 2. The van der Waals surface area contributed by atoms with Crippen LogP contribution in [0.15, 0.2) is 0 Å². The molecule has 3 rings (SSSR count). The van der Waals surface area contributed by atoms with Crippen molar-refractivity contribution in [3.8, 4) is 0 Å². The van der Waals surface area contributed by atoms with Crippen molar-refractivity contribution in [3.63, 3.8) is 0 Å². The summed E-state index contributed by atoms with van der Waals surface area (Å²) in [5, 5.41) is 0. The van der Waals surface area contributed by atoms with Gasteiger partial charge in [-0.2, -0.15) is 0 Å². The molecular weight excluding hydrogens is 228 g/mol. The lowest BCUT2D eigenvalue weighted by Gasteiger charge is -2.32. The minimum absolute atomic E-state index is 0.138. The van der Waals surface area contributed by atoms with E-state index in [-0.39, 0.29) is 18.0 Å². The van der Waals surface area contributed by atoms with Crippen molar-refractivity contribution < 1.29 is 9.59 Å². The lowest BCUT2D eigenvalue weighted by atomic mass is 9.95. The Bertz CT molecular complexity index is 350. The van der Waals surface area contributed by atoms with Gasteiger partial charge in [0, 0.05) is 38.0 Å². The second kappa shape index (κ2) is 4.90. The molecule has 0 aromatic carbocycles. The molecule has 18 heavy (non-hydrogen) atoms. The summed E-state index contributed by atoms with van der Waals surface area (Å²) in [7, 11) is 0. The molecule has 2 saturated heterocycles. The summed E-state index contributed by atoms with van der Waals surface area (Å²) in [5.41, 5.74) is 0. The van der Waals surface area contributed by atoms with Crippen LogP contribution in [0.5, 0.6) is 0 Å². The van der Waals surface area contributed by atoms with Gasteiger partial charge in [-0.25, -0.2) is 4.79 Å². The zero-order chi connectivity index (χ0) is 12.5. The summed E-state index contributed by atoms with van der Waals surface area (Å²) in [6, 6.07) is 0.391. The summed E-state index contributed by atoms with van der Waals surface area (Å²) >= 11 is 0. The van der Waals surface area contributed by atoms with E-state index in [0.29, 0.717) is 5.78 Å². The molecule has 2 atom stereocenters. The predicted octanol–water partition coefficient (Wildman–Crippen LogP) is 2.04. The molecule has 4 heteroatoms. The number of carbonyl (C=O) groups excluding carboxylic acids is 2. The summed E-state index contributed by atoms with van der Waals surface area (Å²) in [5.74, 6) is 0.528. The maximum Gasteiger partial charge on any atom is 0.320 e. The number of urea groups is 1. The molecule has 0 N–H and O–H groups in total. The molecule has 3 fully saturated rings. The minimum atomic E-state index is 0.138. The standard InChI is InChI=1S/C14H22N2O2/c17-13-7-3-5-11(13)12-6-4-10-16(12)14(18)15-8-1-2-9-15/h11-12H,1-10H2. The van der Waals surface area contributed by atoms with Crippen LogP contribution in [-0.2, 0) is 4.79 Å². The van der Waals surface area contributed by atoms with Crippen LogP contribution in [0.25, 0.3) is 0 Å². The first-order chi connectivity index (χ1) is 8.77. The van der Waals surface area contributed by atoms with Crippen molar-refractivity contribution in [3.05, 3.63) is 0 Å². The Hall–Kier alpha value is -1.06. The number of carbonyl (C=O) groups is 2. The van der Waals surface area contributed by atoms with Gasteiger partial charge in [0.05, 0.1) is 0 Å².